The maximum Gasteiger partial charge on any atom is 0.0928 e. The van der Waals surface area contributed by atoms with Gasteiger partial charge in [0, 0.05) is 12.6 Å². The third-order valence-electron chi connectivity index (χ3n) is 2.99. The van der Waals surface area contributed by atoms with Gasteiger partial charge in [0.05, 0.1) is 5.84 Å². The fourth-order valence-electron chi connectivity index (χ4n) is 1.98. The van der Waals surface area contributed by atoms with E-state index in [4.69, 9.17) is 5.41 Å². The number of nitrogens with zero attached hydrogens (tertiary/aromatic N) is 1. The lowest BCUT2D eigenvalue weighted by molar-refractivity contribution is 0.191. The quantitative estimate of drug-likeness (QED) is 0.472. The molecule has 0 amide bonds. The molecule has 0 saturated carbocycles. The standard InChI is InChI=1S/C10H20N2/c1-4-10-6-5-8(2)12(7-10)9(3)11/h8,10-11H,4-7H2,1-3H3/t8-,10+/m0/s1. The molecule has 2 atom stereocenters. The minimum atomic E-state index is 0.588. The van der Waals surface area contributed by atoms with Crippen LogP contribution in [0.5, 0.6) is 0 Å². The number of likely N-dealkylation sites (tertiary alicyclic amines) is 1. The summed E-state index contributed by atoms with van der Waals surface area (Å²) in [5.41, 5.74) is 0. The van der Waals surface area contributed by atoms with E-state index in [9.17, 15) is 0 Å². The van der Waals surface area contributed by atoms with Crippen molar-refractivity contribution in [2.45, 2.75) is 46.1 Å². The van der Waals surface area contributed by atoms with Crippen LogP contribution < -0.4 is 0 Å². The second-order valence-corrected chi connectivity index (χ2v) is 3.94. The summed E-state index contributed by atoms with van der Waals surface area (Å²) in [6.45, 7) is 7.48. The molecule has 1 saturated heterocycles. The Hall–Kier alpha value is -0.530. The lowest BCUT2D eigenvalue weighted by Crippen LogP contribution is -2.44. The topological polar surface area (TPSA) is 27.1 Å². The zero-order valence-corrected chi connectivity index (χ0v) is 8.43. The first-order chi connectivity index (χ1) is 5.65. The second-order valence-electron chi connectivity index (χ2n) is 3.94. The molecule has 2 heteroatoms. The molecular formula is C10H20N2. The van der Waals surface area contributed by atoms with Crippen molar-refractivity contribution in [1.29, 1.82) is 5.41 Å². The molecule has 0 radical (unpaired) electrons. The van der Waals surface area contributed by atoms with Crippen molar-refractivity contribution in [3.05, 3.63) is 0 Å². The Balaban J connectivity index is 2.53. The molecule has 1 aliphatic rings. The first kappa shape index (κ1) is 9.56. The smallest absolute Gasteiger partial charge is 0.0928 e. The predicted octanol–water partition coefficient (Wildman–Crippen LogP) is 2.49. The molecule has 2 nitrogen and oxygen atoms in total. The van der Waals surface area contributed by atoms with E-state index < -0.39 is 0 Å². The first-order valence-electron chi connectivity index (χ1n) is 4.97. The minimum absolute atomic E-state index is 0.588. The predicted molar refractivity (Wildman–Crippen MR) is 52.6 cm³/mol. The Labute approximate surface area is 75.5 Å². The fourth-order valence-corrected chi connectivity index (χ4v) is 1.98. The maximum absolute atomic E-state index is 7.61. The van der Waals surface area contributed by atoms with Crippen molar-refractivity contribution in [1.82, 2.24) is 4.90 Å². The molecular weight excluding hydrogens is 148 g/mol. The highest BCUT2D eigenvalue weighted by Crippen LogP contribution is 2.23. The summed E-state index contributed by atoms with van der Waals surface area (Å²) in [5.74, 6) is 1.56. The van der Waals surface area contributed by atoms with Crippen LogP contribution in [-0.2, 0) is 0 Å². The largest absolute Gasteiger partial charge is 0.358 e. The average Bonchev–Trinajstić information content (AvgIpc) is 2.05. The Kier molecular flexibility index (Phi) is 3.12. The molecule has 0 aromatic carbocycles. The molecule has 1 heterocycles. The van der Waals surface area contributed by atoms with E-state index in [1.165, 1.54) is 19.3 Å². The van der Waals surface area contributed by atoms with Crippen LogP contribution in [0, 0.1) is 11.3 Å². The third kappa shape index (κ3) is 1.99. The molecule has 0 bridgehead atoms. The van der Waals surface area contributed by atoms with E-state index in [0.29, 0.717) is 6.04 Å². The number of nitrogens with one attached hydrogen (secondary N) is 1. The van der Waals surface area contributed by atoms with Gasteiger partial charge in [-0.25, -0.2) is 0 Å². The molecule has 0 aromatic heterocycles. The van der Waals surface area contributed by atoms with Crippen LogP contribution in [0.15, 0.2) is 0 Å². The summed E-state index contributed by atoms with van der Waals surface area (Å²) in [6, 6.07) is 0.588. The average molecular weight is 168 g/mol. The fraction of sp³-hybridized carbons (Fsp3) is 0.900. The summed E-state index contributed by atoms with van der Waals surface area (Å²) >= 11 is 0. The number of amidine groups is 1. The van der Waals surface area contributed by atoms with E-state index in [-0.39, 0.29) is 0 Å². The van der Waals surface area contributed by atoms with Gasteiger partial charge in [0.2, 0.25) is 0 Å². The van der Waals surface area contributed by atoms with Gasteiger partial charge in [-0.1, -0.05) is 13.3 Å². The Morgan fingerprint density at radius 3 is 2.67 bits per heavy atom. The van der Waals surface area contributed by atoms with Gasteiger partial charge in [0.25, 0.3) is 0 Å². The van der Waals surface area contributed by atoms with Gasteiger partial charge in [-0.05, 0) is 32.6 Å². The van der Waals surface area contributed by atoms with Crippen molar-refractivity contribution < 1.29 is 0 Å². The Bertz CT molecular complexity index is 165. The summed E-state index contributed by atoms with van der Waals surface area (Å²) < 4.78 is 0. The molecule has 1 rings (SSSR count). The summed E-state index contributed by atoms with van der Waals surface area (Å²) in [5, 5.41) is 7.61. The molecule has 1 N–H and O–H groups in total. The van der Waals surface area contributed by atoms with Crippen LogP contribution in [0.25, 0.3) is 0 Å². The first-order valence-corrected chi connectivity index (χ1v) is 4.97. The SMILES string of the molecule is CC[C@@H]1CC[C@H](C)N(C(C)=N)C1. The zero-order valence-electron chi connectivity index (χ0n) is 8.43. The van der Waals surface area contributed by atoms with Crippen molar-refractivity contribution >= 4 is 5.84 Å². The second kappa shape index (κ2) is 3.92. The van der Waals surface area contributed by atoms with Crippen molar-refractivity contribution in [3.8, 4) is 0 Å². The Morgan fingerprint density at radius 1 is 1.50 bits per heavy atom. The molecule has 12 heavy (non-hydrogen) atoms. The highest BCUT2D eigenvalue weighted by Gasteiger charge is 2.24. The van der Waals surface area contributed by atoms with E-state index in [1.54, 1.807) is 0 Å². The van der Waals surface area contributed by atoms with Crippen molar-refractivity contribution in [3.63, 3.8) is 0 Å². The lowest BCUT2D eigenvalue weighted by atomic mass is 9.91. The van der Waals surface area contributed by atoms with E-state index >= 15 is 0 Å². The monoisotopic (exact) mass is 168 g/mol. The number of rotatable bonds is 1. The molecule has 0 aromatic rings. The highest BCUT2D eigenvalue weighted by atomic mass is 15.2. The van der Waals surface area contributed by atoms with Gasteiger partial charge in [-0.3, -0.25) is 5.41 Å². The van der Waals surface area contributed by atoms with Crippen LogP contribution in [0.3, 0.4) is 0 Å². The van der Waals surface area contributed by atoms with Crippen LogP contribution in [-0.4, -0.2) is 23.3 Å². The molecule has 1 fully saturated rings. The lowest BCUT2D eigenvalue weighted by Gasteiger charge is -2.38. The normalized spacial score (nSPS) is 30.4. The van der Waals surface area contributed by atoms with Gasteiger partial charge >= 0.3 is 0 Å². The number of piperidine rings is 1. The summed E-state index contributed by atoms with van der Waals surface area (Å²) in [4.78, 5) is 2.23. The number of hydrogen-bond acceptors (Lipinski definition) is 1. The minimum Gasteiger partial charge on any atom is -0.358 e. The van der Waals surface area contributed by atoms with Crippen LogP contribution in [0.4, 0.5) is 0 Å². The van der Waals surface area contributed by atoms with Crippen LogP contribution >= 0.6 is 0 Å². The maximum atomic E-state index is 7.61. The summed E-state index contributed by atoms with van der Waals surface area (Å²) in [7, 11) is 0. The Morgan fingerprint density at radius 2 is 2.17 bits per heavy atom. The van der Waals surface area contributed by atoms with E-state index in [2.05, 4.69) is 18.7 Å². The van der Waals surface area contributed by atoms with Gasteiger partial charge < -0.3 is 4.90 Å². The van der Waals surface area contributed by atoms with E-state index in [1.807, 2.05) is 6.92 Å². The van der Waals surface area contributed by atoms with Gasteiger partial charge in [0.15, 0.2) is 0 Å². The van der Waals surface area contributed by atoms with Gasteiger partial charge in [0.1, 0.15) is 0 Å². The molecule has 1 aliphatic heterocycles. The van der Waals surface area contributed by atoms with Crippen molar-refractivity contribution in [2.75, 3.05) is 6.54 Å². The molecule has 0 spiro atoms. The van der Waals surface area contributed by atoms with Gasteiger partial charge in [-0.15, -0.1) is 0 Å². The van der Waals surface area contributed by atoms with Crippen LogP contribution in [0.1, 0.15) is 40.0 Å². The summed E-state index contributed by atoms with van der Waals surface area (Å²) in [6.07, 6.45) is 3.87. The van der Waals surface area contributed by atoms with E-state index in [0.717, 1.165) is 18.3 Å². The molecule has 0 unspecified atom stereocenters. The number of hydrogen-bond donors (Lipinski definition) is 1. The molecule has 70 valence electrons. The van der Waals surface area contributed by atoms with Gasteiger partial charge in [-0.2, -0.15) is 0 Å². The third-order valence-corrected chi connectivity index (χ3v) is 2.99. The zero-order chi connectivity index (χ0) is 9.14. The molecule has 0 aliphatic carbocycles. The highest BCUT2D eigenvalue weighted by molar-refractivity contribution is 5.76. The van der Waals surface area contributed by atoms with Crippen LogP contribution in [0.2, 0.25) is 0 Å². The van der Waals surface area contributed by atoms with Crippen molar-refractivity contribution in [2.24, 2.45) is 5.92 Å².